The largest absolute Gasteiger partial charge is 0.352 e. The molecular formula is C19H32N6O. The molecule has 1 aromatic rings. The minimum Gasteiger partial charge on any atom is -0.352 e. The highest BCUT2D eigenvalue weighted by Gasteiger charge is 2.42. The number of amides is 1. The van der Waals surface area contributed by atoms with Gasteiger partial charge in [-0.3, -0.25) is 9.69 Å². The highest BCUT2D eigenvalue weighted by atomic mass is 16.2. The summed E-state index contributed by atoms with van der Waals surface area (Å²) in [7, 11) is 0. The molecule has 1 N–H and O–H groups in total. The van der Waals surface area contributed by atoms with Gasteiger partial charge in [0.05, 0.1) is 12.1 Å². The molecule has 26 heavy (non-hydrogen) atoms. The van der Waals surface area contributed by atoms with Gasteiger partial charge in [0, 0.05) is 18.6 Å². The van der Waals surface area contributed by atoms with Crippen molar-refractivity contribution in [3.05, 3.63) is 6.33 Å². The summed E-state index contributed by atoms with van der Waals surface area (Å²) in [5.74, 6) is 0.234. The first-order valence-electron chi connectivity index (χ1n) is 10.6. The van der Waals surface area contributed by atoms with Crippen molar-refractivity contribution >= 4 is 5.91 Å². The van der Waals surface area contributed by atoms with Gasteiger partial charge in [0.25, 0.3) is 0 Å². The van der Waals surface area contributed by atoms with Gasteiger partial charge in [0.15, 0.2) is 0 Å². The van der Waals surface area contributed by atoms with Crippen LogP contribution < -0.4 is 5.32 Å². The summed E-state index contributed by atoms with van der Waals surface area (Å²) >= 11 is 0. The average molecular weight is 361 g/mol. The summed E-state index contributed by atoms with van der Waals surface area (Å²) in [4.78, 5) is 15.7. The zero-order chi connectivity index (χ0) is 17.8. The molecule has 1 aliphatic heterocycles. The molecule has 2 atom stereocenters. The molecule has 7 heteroatoms. The first kappa shape index (κ1) is 17.9. The van der Waals surface area contributed by atoms with Crippen molar-refractivity contribution in [2.45, 2.75) is 101 Å². The second-order valence-corrected chi connectivity index (χ2v) is 8.38. The smallest absolute Gasteiger partial charge is 0.237 e. The molecule has 3 aliphatic rings. The van der Waals surface area contributed by atoms with E-state index in [0.717, 1.165) is 25.8 Å². The van der Waals surface area contributed by atoms with E-state index >= 15 is 0 Å². The number of carbonyl (C=O) groups excluding carboxylic acids is 1. The van der Waals surface area contributed by atoms with Gasteiger partial charge in [-0.2, -0.15) is 0 Å². The van der Waals surface area contributed by atoms with Crippen LogP contribution in [-0.4, -0.2) is 55.7 Å². The zero-order valence-electron chi connectivity index (χ0n) is 15.7. The Bertz CT molecular complexity index is 563. The Morgan fingerprint density at radius 3 is 2.31 bits per heavy atom. The lowest BCUT2D eigenvalue weighted by Gasteiger charge is -2.35. The average Bonchev–Trinajstić information content (AvgIpc) is 3.28. The van der Waals surface area contributed by atoms with Crippen molar-refractivity contribution in [3.63, 3.8) is 0 Å². The lowest BCUT2D eigenvalue weighted by molar-refractivity contribution is -0.127. The highest BCUT2D eigenvalue weighted by Crippen LogP contribution is 2.34. The number of rotatable bonds is 4. The lowest BCUT2D eigenvalue weighted by atomic mass is 9.93. The fourth-order valence-electron chi connectivity index (χ4n) is 5.16. The summed E-state index contributed by atoms with van der Waals surface area (Å²) in [6, 6.07) is 1.08. The third-order valence-corrected chi connectivity index (χ3v) is 6.60. The van der Waals surface area contributed by atoms with Crippen LogP contribution in [0.2, 0.25) is 0 Å². The third-order valence-electron chi connectivity index (χ3n) is 6.60. The molecule has 1 amide bonds. The molecule has 0 radical (unpaired) electrons. The first-order valence-corrected chi connectivity index (χ1v) is 10.6. The minimum absolute atomic E-state index is 0.0319. The van der Waals surface area contributed by atoms with E-state index < -0.39 is 0 Å². The van der Waals surface area contributed by atoms with Gasteiger partial charge in [-0.1, -0.05) is 44.9 Å². The molecule has 3 fully saturated rings. The third kappa shape index (κ3) is 4.08. The van der Waals surface area contributed by atoms with E-state index in [4.69, 9.17) is 0 Å². The fraction of sp³-hybridized carbons (Fsp3) is 0.895. The maximum atomic E-state index is 13.2. The summed E-state index contributed by atoms with van der Waals surface area (Å²) in [5, 5.41) is 15.1. The molecule has 0 unspecified atom stereocenters. The van der Waals surface area contributed by atoms with Crippen LogP contribution in [0.15, 0.2) is 6.33 Å². The van der Waals surface area contributed by atoms with E-state index in [1.165, 1.54) is 57.8 Å². The maximum Gasteiger partial charge on any atom is 0.237 e. The molecule has 0 bridgehead atoms. The molecule has 7 nitrogen and oxygen atoms in total. The summed E-state index contributed by atoms with van der Waals surface area (Å²) in [6.07, 6.45) is 16.2. The SMILES string of the molecule is O=C(NC1CCCCCC1)[C@@H]1C[C@@H](n2cnnn2)CN1C1CCCCC1. The number of hydrogen-bond donors (Lipinski definition) is 1. The number of nitrogens with zero attached hydrogens (tertiary/aromatic N) is 5. The predicted octanol–water partition coefficient (Wildman–Crippen LogP) is 2.46. The van der Waals surface area contributed by atoms with E-state index in [9.17, 15) is 4.79 Å². The Hall–Kier alpha value is -1.50. The van der Waals surface area contributed by atoms with Crippen molar-refractivity contribution in [2.75, 3.05) is 6.54 Å². The lowest BCUT2D eigenvalue weighted by Crippen LogP contribution is -2.50. The van der Waals surface area contributed by atoms with Gasteiger partial charge in [-0.25, -0.2) is 4.68 Å². The van der Waals surface area contributed by atoms with Gasteiger partial charge in [-0.05, 0) is 42.5 Å². The normalized spacial score (nSPS) is 29.5. The molecule has 144 valence electrons. The van der Waals surface area contributed by atoms with Crippen molar-refractivity contribution < 1.29 is 4.79 Å². The Labute approximate surface area is 155 Å². The molecule has 2 heterocycles. The van der Waals surface area contributed by atoms with Gasteiger partial charge in [0.1, 0.15) is 6.33 Å². The molecule has 1 aromatic heterocycles. The second-order valence-electron chi connectivity index (χ2n) is 8.38. The Morgan fingerprint density at radius 1 is 0.923 bits per heavy atom. The number of tetrazole rings is 1. The molecule has 2 saturated carbocycles. The van der Waals surface area contributed by atoms with Crippen LogP contribution in [0.4, 0.5) is 0 Å². The van der Waals surface area contributed by atoms with Crippen molar-refractivity contribution in [2.24, 2.45) is 0 Å². The van der Waals surface area contributed by atoms with Gasteiger partial charge in [0.2, 0.25) is 5.91 Å². The van der Waals surface area contributed by atoms with E-state index in [1.54, 1.807) is 6.33 Å². The van der Waals surface area contributed by atoms with Crippen molar-refractivity contribution in [1.29, 1.82) is 0 Å². The van der Waals surface area contributed by atoms with Gasteiger partial charge >= 0.3 is 0 Å². The molecular weight excluding hydrogens is 328 g/mol. The van der Waals surface area contributed by atoms with Crippen molar-refractivity contribution in [3.8, 4) is 0 Å². The summed E-state index contributed by atoms with van der Waals surface area (Å²) < 4.78 is 1.84. The van der Waals surface area contributed by atoms with Crippen LogP contribution >= 0.6 is 0 Å². The van der Waals surface area contributed by atoms with Crippen LogP contribution in [0.5, 0.6) is 0 Å². The van der Waals surface area contributed by atoms with E-state index in [0.29, 0.717) is 12.1 Å². The fourth-order valence-corrected chi connectivity index (χ4v) is 5.16. The molecule has 0 spiro atoms. The molecule has 4 rings (SSSR count). The molecule has 0 aromatic carbocycles. The van der Waals surface area contributed by atoms with E-state index in [1.807, 2.05) is 4.68 Å². The number of likely N-dealkylation sites (tertiary alicyclic amines) is 1. The monoisotopic (exact) mass is 360 g/mol. The summed E-state index contributed by atoms with van der Waals surface area (Å²) in [6.45, 7) is 0.887. The Kier molecular flexibility index (Phi) is 5.82. The first-order chi connectivity index (χ1) is 12.8. The van der Waals surface area contributed by atoms with Gasteiger partial charge in [-0.15, -0.1) is 5.10 Å². The van der Waals surface area contributed by atoms with Crippen molar-refractivity contribution in [1.82, 2.24) is 30.4 Å². The van der Waals surface area contributed by atoms with Crippen LogP contribution in [0.3, 0.4) is 0 Å². The van der Waals surface area contributed by atoms with E-state index in [2.05, 4.69) is 25.7 Å². The summed E-state index contributed by atoms with van der Waals surface area (Å²) in [5.41, 5.74) is 0. The number of nitrogens with one attached hydrogen (secondary N) is 1. The number of hydrogen-bond acceptors (Lipinski definition) is 5. The zero-order valence-corrected chi connectivity index (χ0v) is 15.7. The number of carbonyl (C=O) groups is 1. The maximum absolute atomic E-state index is 13.2. The van der Waals surface area contributed by atoms with Crippen LogP contribution in [0.25, 0.3) is 0 Å². The highest BCUT2D eigenvalue weighted by molar-refractivity contribution is 5.82. The van der Waals surface area contributed by atoms with Crippen LogP contribution in [0.1, 0.15) is 83.1 Å². The van der Waals surface area contributed by atoms with Gasteiger partial charge < -0.3 is 5.32 Å². The topological polar surface area (TPSA) is 75.9 Å². The molecule has 1 saturated heterocycles. The minimum atomic E-state index is -0.0319. The molecule has 2 aliphatic carbocycles. The van der Waals surface area contributed by atoms with Crippen LogP contribution in [0, 0.1) is 0 Å². The van der Waals surface area contributed by atoms with E-state index in [-0.39, 0.29) is 18.0 Å². The van der Waals surface area contributed by atoms with Crippen LogP contribution in [-0.2, 0) is 4.79 Å². The predicted molar refractivity (Wildman–Crippen MR) is 98.5 cm³/mol. The Morgan fingerprint density at radius 2 is 1.62 bits per heavy atom. The number of aromatic nitrogens is 4. The Balaban J connectivity index is 1.45. The second kappa shape index (κ2) is 8.46. The quantitative estimate of drug-likeness (QED) is 0.835. The standard InChI is InChI=1S/C19H32N6O/c26-19(21-15-8-4-1-2-5-9-15)18-12-17(25-14-20-22-23-25)13-24(18)16-10-6-3-7-11-16/h14-18H,1-13H2,(H,21,26)/t17-,18+/m1/s1.